The van der Waals surface area contributed by atoms with Crippen LogP contribution in [0.5, 0.6) is 0 Å². The largest absolute Gasteiger partial charge is 0.339 e. The van der Waals surface area contributed by atoms with Crippen LogP contribution in [0.15, 0.2) is 166 Å². The molecule has 0 spiro atoms. The average Bonchev–Trinajstić information content (AvgIpc) is 4.16. The number of hydrogen-bond acceptors (Lipinski definition) is 12. The predicted octanol–water partition coefficient (Wildman–Crippen LogP) is 9.57. The second kappa shape index (κ2) is 26.2. The van der Waals surface area contributed by atoms with Gasteiger partial charge in [-0.2, -0.15) is 15.0 Å². The van der Waals surface area contributed by atoms with E-state index >= 15 is 0 Å². The SMILES string of the molecule is C(#Cc1ccccn1)CCc1nc(Cc2ccccc2)no1.Cc1ccccc1Cc1noc(CCC#Cc2ccccn2)n1.Fc1ccccc1Cc1noc(CCC#Cc2ccccn2)n1. The Morgan fingerprint density at radius 1 is 0.426 bits per heavy atom. The standard InChI is InChI=1S/C19H17N3O.C18H14FN3O.C18H15N3O/c1-15-8-2-3-9-16(15)14-18-21-19(23-22-18)12-5-4-10-17-11-6-7-13-20-17;19-16-10-3-1-7-14(16)13-17-21-18(23-22-17)11-4-2-8-15-9-5-6-12-20-15;1-2-8-15(9-3-1)14-17-20-18(22-21-17)12-5-4-10-16-11-6-7-13-19-16/h2-3,6-9,11,13H,5,12,14H2,1H3;1,3,5-7,9-10,12H,4,11,13H2;1-3,6-9,11,13H,5,12,14H2. The van der Waals surface area contributed by atoms with Gasteiger partial charge < -0.3 is 13.6 Å². The van der Waals surface area contributed by atoms with Crippen molar-refractivity contribution in [3.05, 3.63) is 232 Å². The lowest BCUT2D eigenvalue weighted by Crippen LogP contribution is -1.94. The zero-order valence-corrected chi connectivity index (χ0v) is 37.4. The van der Waals surface area contributed by atoms with Crippen LogP contribution in [0, 0.1) is 48.3 Å². The molecule has 0 atom stereocenters. The lowest BCUT2D eigenvalue weighted by molar-refractivity contribution is 0.374. The van der Waals surface area contributed by atoms with Crippen molar-refractivity contribution >= 4 is 0 Å². The molecule has 336 valence electrons. The van der Waals surface area contributed by atoms with E-state index in [0.29, 0.717) is 98.5 Å². The van der Waals surface area contributed by atoms with Gasteiger partial charge in [-0.3, -0.25) is 0 Å². The molecule has 9 aromatic rings. The summed E-state index contributed by atoms with van der Waals surface area (Å²) in [6, 6.07) is 41.9. The van der Waals surface area contributed by atoms with E-state index < -0.39 is 0 Å². The monoisotopic (exact) mass is 899 g/mol. The Labute approximate surface area is 394 Å². The molecule has 12 nitrogen and oxygen atoms in total. The highest BCUT2D eigenvalue weighted by Gasteiger charge is 2.10. The second-order valence-electron chi connectivity index (χ2n) is 14.9. The van der Waals surface area contributed by atoms with E-state index in [9.17, 15) is 4.39 Å². The molecule has 68 heavy (non-hydrogen) atoms. The minimum absolute atomic E-state index is 0.264. The topological polar surface area (TPSA) is 155 Å². The molecule has 3 aromatic carbocycles. The molecule has 9 rings (SSSR count). The van der Waals surface area contributed by atoms with E-state index in [1.54, 1.807) is 36.8 Å². The number of pyridine rings is 3. The summed E-state index contributed by atoms with van der Waals surface area (Å²) in [6.07, 6.45) is 10.7. The minimum Gasteiger partial charge on any atom is -0.339 e. The van der Waals surface area contributed by atoms with Crippen LogP contribution < -0.4 is 0 Å². The fourth-order valence-electron chi connectivity index (χ4n) is 6.24. The minimum atomic E-state index is -0.264. The normalized spacial score (nSPS) is 10.1. The van der Waals surface area contributed by atoms with Gasteiger partial charge in [0.1, 0.15) is 22.9 Å². The Morgan fingerprint density at radius 3 is 1.26 bits per heavy atom. The molecule has 0 aliphatic rings. The smallest absolute Gasteiger partial charge is 0.227 e. The average molecular weight is 900 g/mol. The second-order valence-corrected chi connectivity index (χ2v) is 14.9. The Bertz CT molecular complexity index is 2960. The van der Waals surface area contributed by atoms with Crippen molar-refractivity contribution in [3.8, 4) is 35.5 Å². The van der Waals surface area contributed by atoms with Crippen LogP contribution in [-0.4, -0.2) is 45.4 Å². The number of rotatable bonds is 12. The number of nitrogens with zero attached hydrogens (tertiary/aromatic N) is 9. The van der Waals surface area contributed by atoms with Crippen molar-refractivity contribution in [1.29, 1.82) is 0 Å². The summed E-state index contributed by atoms with van der Waals surface area (Å²) < 4.78 is 29.3. The molecule has 6 heterocycles. The van der Waals surface area contributed by atoms with Crippen LogP contribution in [-0.2, 0) is 38.5 Å². The third-order valence-electron chi connectivity index (χ3n) is 9.69. The molecule has 0 unspecified atom stereocenters. The van der Waals surface area contributed by atoms with Gasteiger partial charge in [0.25, 0.3) is 0 Å². The highest BCUT2D eigenvalue weighted by Crippen LogP contribution is 2.14. The number of aromatic nitrogens is 9. The third-order valence-corrected chi connectivity index (χ3v) is 9.69. The van der Waals surface area contributed by atoms with Gasteiger partial charge in [-0.05, 0) is 89.4 Å². The first kappa shape index (κ1) is 47.1. The molecule has 0 radical (unpaired) electrons. The summed E-state index contributed by atoms with van der Waals surface area (Å²) in [7, 11) is 0. The molecule has 0 aliphatic heterocycles. The van der Waals surface area contributed by atoms with Gasteiger partial charge >= 0.3 is 0 Å². The van der Waals surface area contributed by atoms with Gasteiger partial charge in [-0.15, -0.1) is 0 Å². The van der Waals surface area contributed by atoms with Crippen molar-refractivity contribution in [2.24, 2.45) is 0 Å². The van der Waals surface area contributed by atoms with Crippen LogP contribution in [0.1, 0.15) is 93.7 Å². The summed E-state index contributed by atoms with van der Waals surface area (Å²) in [4.78, 5) is 25.5. The zero-order chi connectivity index (χ0) is 46.9. The maximum Gasteiger partial charge on any atom is 0.227 e. The molecule has 0 saturated heterocycles. The van der Waals surface area contributed by atoms with Crippen molar-refractivity contribution < 1.29 is 18.0 Å². The third kappa shape index (κ3) is 16.3. The van der Waals surface area contributed by atoms with Gasteiger partial charge in [0.05, 0.1) is 0 Å². The van der Waals surface area contributed by atoms with E-state index in [4.69, 9.17) is 13.6 Å². The molecule has 0 amide bonds. The van der Waals surface area contributed by atoms with Gasteiger partial charge in [-0.25, -0.2) is 19.3 Å². The number of halogens is 1. The molecule has 0 N–H and O–H groups in total. The van der Waals surface area contributed by atoms with Crippen LogP contribution in [0.4, 0.5) is 4.39 Å². The lowest BCUT2D eigenvalue weighted by Gasteiger charge is -2.00. The highest BCUT2D eigenvalue weighted by atomic mass is 19.1. The summed E-state index contributed by atoms with van der Waals surface area (Å²) in [6.45, 7) is 2.09. The predicted molar refractivity (Wildman–Crippen MR) is 254 cm³/mol. The molecular weight excluding hydrogens is 854 g/mol. The van der Waals surface area contributed by atoms with Gasteiger partial charge in [0.15, 0.2) is 17.5 Å². The quantitative estimate of drug-likeness (QED) is 0.107. The van der Waals surface area contributed by atoms with Crippen molar-refractivity contribution in [2.75, 3.05) is 0 Å². The Balaban J connectivity index is 0.000000151. The van der Waals surface area contributed by atoms with E-state index in [2.05, 4.69) is 100.0 Å². The summed E-state index contributed by atoms with van der Waals surface area (Å²) >= 11 is 0. The van der Waals surface area contributed by atoms with Crippen molar-refractivity contribution in [1.82, 2.24) is 45.4 Å². The molecular formula is C55H46FN9O3. The van der Waals surface area contributed by atoms with Gasteiger partial charge in [0.2, 0.25) is 17.7 Å². The first-order valence-electron chi connectivity index (χ1n) is 22.0. The summed E-state index contributed by atoms with van der Waals surface area (Å²) in [5.41, 5.74) is 6.46. The highest BCUT2D eigenvalue weighted by molar-refractivity contribution is 5.30. The van der Waals surface area contributed by atoms with E-state index in [1.807, 2.05) is 97.1 Å². The maximum absolute atomic E-state index is 13.6. The summed E-state index contributed by atoms with van der Waals surface area (Å²) in [5, 5.41) is 11.9. The van der Waals surface area contributed by atoms with E-state index in [-0.39, 0.29) is 5.82 Å². The summed E-state index contributed by atoms with van der Waals surface area (Å²) in [5.74, 6) is 21.6. The molecule has 13 heteroatoms. The first-order chi connectivity index (χ1) is 33.5. The maximum atomic E-state index is 13.6. The van der Waals surface area contributed by atoms with Crippen LogP contribution in [0.25, 0.3) is 0 Å². The Hall–Kier alpha value is -8.86. The molecule has 0 saturated carbocycles. The number of benzene rings is 3. The lowest BCUT2D eigenvalue weighted by atomic mass is 10.1. The van der Waals surface area contributed by atoms with E-state index in [1.165, 1.54) is 22.8 Å². The van der Waals surface area contributed by atoms with Gasteiger partial charge in [-0.1, -0.05) is 124 Å². The van der Waals surface area contributed by atoms with Gasteiger partial charge in [0, 0.05) is 76.4 Å². The molecule has 0 fully saturated rings. The van der Waals surface area contributed by atoms with Crippen LogP contribution in [0.2, 0.25) is 0 Å². The van der Waals surface area contributed by atoms with Crippen molar-refractivity contribution in [2.45, 2.75) is 64.7 Å². The van der Waals surface area contributed by atoms with Crippen LogP contribution in [0.3, 0.4) is 0 Å². The fraction of sp³-hybridized carbons (Fsp3) is 0.182. The molecule has 6 aromatic heterocycles. The van der Waals surface area contributed by atoms with E-state index in [0.717, 1.165) is 17.1 Å². The first-order valence-corrected chi connectivity index (χ1v) is 22.0. The van der Waals surface area contributed by atoms with Crippen molar-refractivity contribution in [3.63, 3.8) is 0 Å². The Morgan fingerprint density at radius 2 is 0.824 bits per heavy atom. The molecule has 0 aliphatic carbocycles. The zero-order valence-electron chi connectivity index (χ0n) is 37.4. The number of hydrogen-bond donors (Lipinski definition) is 0. The molecule has 0 bridgehead atoms. The fourth-order valence-corrected chi connectivity index (χ4v) is 6.24. The van der Waals surface area contributed by atoms with Crippen LogP contribution >= 0.6 is 0 Å². The number of aryl methyl sites for hydroxylation is 4. The Kier molecular flexibility index (Phi) is 18.1.